The maximum atomic E-state index is 13.5. The van der Waals surface area contributed by atoms with Crippen molar-refractivity contribution in [3.8, 4) is 0 Å². The molecule has 0 spiro atoms. The van der Waals surface area contributed by atoms with Crippen LogP contribution < -0.4 is 5.32 Å². The number of likely N-dealkylation sites (tertiary alicyclic amines) is 1. The van der Waals surface area contributed by atoms with Crippen LogP contribution in [0, 0.1) is 19.3 Å². The van der Waals surface area contributed by atoms with E-state index in [1.807, 2.05) is 34.6 Å². The Bertz CT molecular complexity index is 929. The molecule has 1 aliphatic rings. The minimum atomic E-state index is -0.735. The summed E-state index contributed by atoms with van der Waals surface area (Å²) in [7, 11) is 1.52. The number of β-amino-alcohol motifs (C(OH)–C–C–N with tert-alkyl or cyclic N) is 1. The van der Waals surface area contributed by atoms with Crippen molar-refractivity contribution in [2.45, 2.75) is 65.8 Å². The highest BCUT2D eigenvalue weighted by molar-refractivity contribution is 5.90. The van der Waals surface area contributed by atoms with E-state index in [2.05, 4.69) is 25.7 Å². The normalized spacial score (nSPS) is 20.4. The van der Waals surface area contributed by atoms with Crippen molar-refractivity contribution in [2.24, 2.45) is 5.41 Å². The molecule has 1 saturated heterocycles. The second-order valence-electron chi connectivity index (χ2n) is 8.83. The van der Waals surface area contributed by atoms with Crippen LogP contribution in [0.25, 0.3) is 0 Å². The average Bonchev–Trinajstić information content (AvgIpc) is 3.33. The van der Waals surface area contributed by atoms with Gasteiger partial charge in [-0.05, 0) is 19.3 Å². The van der Waals surface area contributed by atoms with E-state index in [4.69, 9.17) is 0 Å². The number of hydrogen-bond donors (Lipinski definition) is 2. The standard InChI is InChI=1S/C19H30N8O3/c1-11-21-12(2)26(23-11)8-13-9-27(24-22-13)16(19(3,4)5)18(30)25-10-14(28)7-15(25)17(29)20-6/h9,14-16,28H,7-8,10H2,1-6H3,(H,20,29)/t14?,15?,16-/m1/s1. The molecule has 2 aromatic heterocycles. The number of carbonyl (C=O) groups is 2. The number of aliphatic hydroxyl groups excluding tert-OH is 1. The zero-order chi connectivity index (χ0) is 22.2. The highest BCUT2D eigenvalue weighted by Gasteiger charge is 2.45. The van der Waals surface area contributed by atoms with Crippen molar-refractivity contribution < 1.29 is 14.7 Å². The number of rotatable bonds is 5. The molecule has 1 aliphatic heterocycles. The molecule has 0 bridgehead atoms. The van der Waals surface area contributed by atoms with Crippen LogP contribution in [-0.4, -0.2) is 77.3 Å². The van der Waals surface area contributed by atoms with E-state index >= 15 is 0 Å². The number of nitrogens with one attached hydrogen (secondary N) is 1. The smallest absolute Gasteiger partial charge is 0.248 e. The molecule has 2 aromatic rings. The number of aryl methyl sites for hydroxylation is 2. The average molecular weight is 419 g/mol. The Balaban J connectivity index is 1.88. The van der Waals surface area contributed by atoms with E-state index in [9.17, 15) is 14.7 Å². The van der Waals surface area contributed by atoms with Gasteiger partial charge in [0.25, 0.3) is 0 Å². The lowest BCUT2D eigenvalue weighted by Crippen LogP contribution is -2.49. The largest absolute Gasteiger partial charge is 0.391 e. The predicted octanol–water partition coefficient (Wildman–Crippen LogP) is -0.170. The van der Waals surface area contributed by atoms with Crippen molar-refractivity contribution in [1.29, 1.82) is 0 Å². The maximum Gasteiger partial charge on any atom is 0.248 e. The van der Waals surface area contributed by atoms with E-state index in [0.29, 0.717) is 18.1 Å². The first-order chi connectivity index (χ1) is 14.0. The molecule has 0 aliphatic carbocycles. The number of likely N-dealkylation sites (N-methyl/N-ethyl adjacent to an activating group) is 1. The van der Waals surface area contributed by atoms with E-state index in [1.165, 1.54) is 11.9 Å². The quantitative estimate of drug-likeness (QED) is 0.689. The predicted molar refractivity (Wildman–Crippen MR) is 107 cm³/mol. The highest BCUT2D eigenvalue weighted by atomic mass is 16.3. The fraction of sp³-hybridized carbons (Fsp3) is 0.684. The van der Waals surface area contributed by atoms with Crippen LogP contribution in [0.3, 0.4) is 0 Å². The number of nitrogens with zero attached hydrogens (tertiary/aromatic N) is 7. The zero-order valence-corrected chi connectivity index (χ0v) is 18.3. The number of aromatic nitrogens is 6. The Morgan fingerprint density at radius 2 is 2.03 bits per heavy atom. The molecular weight excluding hydrogens is 388 g/mol. The molecule has 0 saturated carbocycles. The van der Waals surface area contributed by atoms with Crippen molar-refractivity contribution >= 4 is 11.8 Å². The molecule has 3 heterocycles. The monoisotopic (exact) mass is 418 g/mol. The van der Waals surface area contributed by atoms with Crippen LogP contribution in [0.4, 0.5) is 0 Å². The van der Waals surface area contributed by atoms with Gasteiger partial charge in [-0.25, -0.2) is 14.3 Å². The third kappa shape index (κ3) is 4.35. The summed E-state index contributed by atoms with van der Waals surface area (Å²) in [5, 5.41) is 25.4. The summed E-state index contributed by atoms with van der Waals surface area (Å²) in [5.41, 5.74) is 0.150. The number of amides is 2. The molecule has 2 N–H and O–H groups in total. The molecule has 164 valence electrons. The van der Waals surface area contributed by atoms with E-state index < -0.39 is 23.6 Å². The Morgan fingerprint density at radius 3 is 2.60 bits per heavy atom. The van der Waals surface area contributed by atoms with E-state index in [1.54, 1.807) is 15.6 Å². The molecule has 2 unspecified atom stereocenters. The lowest BCUT2D eigenvalue weighted by molar-refractivity contribution is -0.144. The number of hydrogen-bond acceptors (Lipinski definition) is 7. The summed E-state index contributed by atoms with van der Waals surface area (Å²) in [4.78, 5) is 31.5. The highest BCUT2D eigenvalue weighted by Crippen LogP contribution is 2.34. The Kier molecular flexibility index (Phi) is 5.93. The van der Waals surface area contributed by atoms with E-state index in [0.717, 1.165) is 5.82 Å². The number of aliphatic hydroxyl groups is 1. The first kappa shape index (κ1) is 21.9. The third-order valence-electron chi connectivity index (χ3n) is 5.26. The second kappa shape index (κ2) is 8.13. The Hall–Kier alpha value is -2.82. The lowest BCUT2D eigenvalue weighted by Gasteiger charge is -2.34. The van der Waals surface area contributed by atoms with Crippen molar-refractivity contribution in [2.75, 3.05) is 13.6 Å². The summed E-state index contributed by atoms with van der Waals surface area (Å²) in [6.45, 7) is 9.99. The van der Waals surface area contributed by atoms with Gasteiger partial charge in [0, 0.05) is 20.0 Å². The van der Waals surface area contributed by atoms with Crippen LogP contribution in [0.1, 0.15) is 50.6 Å². The first-order valence-corrected chi connectivity index (χ1v) is 10.00. The summed E-state index contributed by atoms with van der Waals surface area (Å²) >= 11 is 0. The summed E-state index contributed by atoms with van der Waals surface area (Å²) in [5.74, 6) is 0.890. The van der Waals surface area contributed by atoms with Gasteiger partial charge in [-0.15, -0.1) is 5.10 Å². The fourth-order valence-corrected chi connectivity index (χ4v) is 3.89. The molecule has 3 atom stereocenters. The zero-order valence-electron chi connectivity index (χ0n) is 18.3. The topological polar surface area (TPSA) is 131 Å². The van der Waals surface area contributed by atoms with E-state index in [-0.39, 0.29) is 24.8 Å². The van der Waals surface area contributed by atoms with Crippen molar-refractivity contribution in [1.82, 2.24) is 40.0 Å². The van der Waals surface area contributed by atoms with Crippen molar-refractivity contribution in [3.05, 3.63) is 23.5 Å². The molecule has 1 fully saturated rings. The summed E-state index contributed by atoms with van der Waals surface area (Å²) in [6.07, 6.45) is 1.21. The fourth-order valence-electron chi connectivity index (χ4n) is 3.89. The van der Waals surface area contributed by atoms with Gasteiger partial charge in [0.05, 0.1) is 18.8 Å². The molecule has 11 heteroatoms. The Labute approximate surface area is 175 Å². The molecule has 3 rings (SSSR count). The Morgan fingerprint density at radius 1 is 1.33 bits per heavy atom. The number of carbonyl (C=O) groups excluding carboxylic acids is 2. The van der Waals surface area contributed by atoms with Crippen LogP contribution in [0.2, 0.25) is 0 Å². The second-order valence-corrected chi connectivity index (χ2v) is 8.83. The molecule has 0 aromatic carbocycles. The molecule has 0 radical (unpaired) electrons. The SMILES string of the molecule is CNC(=O)C1CC(O)CN1C(=O)[C@@H](n1cc(Cn2nc(C)nc2C)nn1)C(C)(C)C. The van der Waals surface area contributed by atoms with Gasteiger partial charge in [0.1, 0.15) is 29.4 Å². The van der Waals surface area contributed by atoms with Crippen LogP contribution in [0.5, 0.6) is 0 Å². The molecule has 11 nitrogen and oxygen atoms in total. The van der Waals surface area contributed by atoms with Gasteiger partial charge in [-0.1, -0.05) is 26.0 Å². The van der Waals surface area contributed by atoms with Gasteiger partial charge in [-0.2, -0.15) is 5.10 Å². The molecule has 2 amide bonds. The van der Waals surface area contributed by atoms with Crippen molar-refractivity contribution in [3.63, 3.8) is 0 Å². The minimum Gasteiger partial charge on any atom is -0.391 e. The third-order valence-corrected chi connectivity index (χ3v) is 5.26. The summed E-state index contributed by atoms with van der Waals surface area (Å²) < 4.78 is 3.28. The first-order valence-electron chi connectivity index (χ1n) is 10.00. The van der Waals surface area contributed by atoms with Crippen LogP contribution in [-0.2, 0) is 16.1 Å². The van der Waals surface area contributed by atoms with Gasteiger partial charge in [0.15, 0.2) is 0 Å². The van der Waals surface area contributed by atoms with Gasteiger partial charge in [0.2, 0.25) is 11.8 Å². The van der Waals surface area contributed by atoms with Crippen LogP contribution >= 0.6 is 0 Å². The maximum absolute atomic E-state index is 13.5. The van der Waals surface area contributed by atoms with Crippen LogP contribution in [0.15, 0.2) is 6.20 Å². The van der Waals surface area contributed by atoms with Gasteiger partial charge in [-0.3, -0.25) is 9.59 Å². The van der Waals surface area contributed by atoms with Gasteiger partial charge >= 0.3 is 0 Å². The molecule has 30 heavy (non-hydrogen) atoms. The molecular formula is C19H30N8O3. The van der Waals surface area contributed by atoms with Gasteiger partial charge < -0.3 is 15.3 Å². The lowest BCUT2D eigenvalue weighted by atomic mass is 9.85. The summed E-state index contributed by atoms with van der Waals surface area (Å²) in [6, 6.07) is -1.39. The minimum absolute atomic E-state index is 0.114.